The van der Waals surface area contributed by atoms with Crippen LogP contribution in [-0.2, 0) is 24.0 Å². The average molecular weight is 389 g/mol. The minimum absolute atomic E-state index is 0.00500. The number of carbonyl (C=O) groups excluding carboxylic acids is 5. The SMILES string of the molecule is C=O.C=O.C=O.C[Si](C)(C)CCCNCCC(=O)N1CCCCCC1=O. The van der Waals surface area contributed by atoms with Gasteiger partial charge in [0.05, 0.1) is 0 Å². The normalized spacial score (nSPS) is 13.7. The second-order valence-corrected chi connectivity index (χ2v) is 12.5. The molecule has 2 amide bonds. The van der Waals surface area contributed by atoms with Gasteiger partial charge in [0.15, 0.2) is 0 Å². The Morgan fingerprint density at radius 1 is 1.00 bits per heavy atom. The molecule has 1 aliphatic rings. The van der Waals surface area contributed by atoms with Crippen LogP contribution in [0.25, 0.3) is 0 Å². The van der Waals surface area contributed by atoms with Crippen molar-refractivity contribution in [2.75, 3.05) is 19.6 Å². The fourth-order valence-electron chi connectivity index (χ4n) is 2.45. The maximum Gasteiger partial charge on any atom is 0.230 e. The summed E-state index contributed by atoms with van der Waals surface area (Å²) in [6, 6.07) is 1.32. The van der Waals surface area contributed by atoms with E-state index in [1.165, 1.54) is 17.4 Å². The maximum absolute atomic E-state index is 12.0. The summed E-state index contributed by atoms with van der Waals surface area (Å²) >= 11 is 0. The van der Waals surface area contributed by atoms with E-state index in [2.05, 4.69) is 25.0 Å². The van der Waals surface area contributed by atoms with Gasteiger partial charge in [-0.25, -0.2) is 0 Å². The zero-order chi connectivity index (χ0) is 21.0. The molecule has 26 heavy (non-hydrogen) atoms. The number of rotatable bonds is 7. The van der Waals surface area contributed by atoms with Crippen molar-refractivity contribution < 1.29 is 24.0 Å². The quantitative estimate of drug-likeness (QED) is 0.529. The highest BCUT2D eigenvalue weighted by Gasteiger charge is 2.22. The van der Waals surface area contributed by atoms with E-state index in [0.29, 0.717) is 25.9 Å². The first-order valence-electron chi connectivity index (χ1n) is 8.81. The van der Waals surface area contributed by atoms with Gasteiger partial charge < -0.3 is 19.7 Å². The van der Waals surface area contributed by atoms with Gasteiger partial charge in [0.1, 0.15) is 20.4 Å². The molecule has 0 aromatic rings. The summed E-state index contributed by atoms with van der Waals surface area (Å²) in [6.45, 7) is 15.4. The van der Waals surface area contributed by atoms with Crippen LogP contribution in [0.3, 0.4) is 0 Å². The zero-order valence-electron chi connectivity index (χ0n) is 16.7. The van der Waals surface area contributed by atoms with Crippen molar-refractivity contribution in [2.45, 2.75) is 64.2 Å². The Kier molecular flexibility index (Phi) is 22.0. The Morgan fingerprint density at radius 3 is 2.12 bits per heavy atom. The number of hydrogen-bond donors (Lipinski definition) is 1. The van der Waals surface area contributed by atoms with Gasteiger partial charge in [-0.15, -0.1) is 0 Å². The number of nitrogens with zero attached hydrogens (tertiary/aromatic N) is 1. The van der Waals surface area contributed by atoms with Gasteiger partial charge in [-0.2, -0.15) is 0 Å². The molecule has 0 spiro atoms. The van der Waals surface area contributed by atoms with Gasteiger partial charge in [0.25, 0.3) is 0 Å². The van der Waals surface area contributed by atoms with Crippen molar-refractivity contribution in [3.8, 4) is 0 Å². The molecule has 1 fully saturated rings. The van der Waals surface area contributed by atoms with Crippen molar-refractivity contribution in [2.24, 2.45) is 0 Å². The Bertz CT molecular complexity index is 370. The molecular weight excluding hydrogens is 352 g/mol. The van der Waals surface area contributed by atoms with Crippen LogP contribution in [0, 0.1) is 0 Å². The lowest BCUT2D eigenvalue weighted by molar-refractivity contribution is -0.144. The monoisotopic (exact) mass is 388 g/mol. The van der Waals surface area contributed by atoms with E-state index in [1.54, 1.807) is 0 Å². The lowest BCUT2D eigenvalue weighted by Gasteiger charge is -2.19. The molecule has 0 aromatic carbocycles. The summed E-state index contributed by atoms with van der Waals surface area (Å²) in [6.07, 6.45) is 5.11. The largest absolute Gasteiger partial charge is 0.316 e. The third kappa shape index (κ3) is 17.2. The predicted molar refractivity (Wildman–Crippen MR) is 107 cm³/mol. The number of imide groups is 1. The zero-order valence-corrected chi connectivity index (χ0v) is 17.7. The van der Waals surface area contributed by atoms with Gasteiger partial charge in [-0.05, 0) is 25.8 Å². The van der Waals surface area contributed by atoms with Crippen molar-refractivity contribution in [3.63, 3.8) is 0 Å². The van der Waals surface area contributed by atoms with Crippen LogP contribution in [0.15, 0.2) is 0 Å². The molecule has 0 saturated carbocycles. The first-order valence-corrected chi connectivity index (χ1v) is 12.5. The standard InChI is InChI=1S/C15H30N2O2Si.3CH2O/c1-20(2,3)13-7-10-16-11-9-15(19)17-12-6-4-5-8-14(17)18;3*1-2/h16H,4-13H2,1-3H3;3*1H2. The van der Waals surface area contributed by atoms with Gasteiger partial charge in [0.2, 0.25) is 11.8 Å². The molecule has 7 nitrogen and oxygen atoms in total. The maximum atomic E-state index is 12.0. The van der Waals surface area contributed by atoms with E-state index in [-0.39, 0.29) is 11.8 Å². The molecule has 0 aromatic heterocycles. The molecule has 1 N–H and O–H groups in total. The molecule has 152 valence electrons. The van der Waals surface area contributed by atoms with Gasteiger partial charge in [-0.3, -0.25) is 14.5 Å². The van der Waals surface area contributed by atoms with Crippen molar-refractivity contribution >= 4 is 40.3 Å². The lowest BCUT2D eigenvalue weighted by Crippen LogP contribution is -2.38. The highest BCUT2D eigenvalue weighted by atomic mass is 28.3. The second kappa shape index (κ2) is 19.6. The Morgan fingerprint density at radius 2 is 1.58 bits per heavy atom. The average Bonchev–Trinajstić information content (AvgIpc) is 2.86. The van der Waals surface area contributed by atoms with Crippen LogP contribution in [0.4, 0.5) is 0 Å². The van der Waals surface area contributed by atoms with E-state index >= 15 is 0 Å². The molecule has 0 radical (unpaired) electrons. The fraction of sp³-hybridized carbons (Fsp3) is 0.722. The highest BCUT2D eigenvalue weighted by Crippen LogP contribution is 2.12. The topological polar surface area (TPSA) is 101 Å². The molecule has 8 heteroatoms. The van der Waals surface area contributed by atoms with Crippen LogP contribution in [-0.4, -0.2) is 64.8 Å². The summed E-state index contributed by atoms with van der Waals surface area (Å²) < 4.78 is 0. The van der Waals surface area contributed by atoms with E-state index in [1.807, 2.05) is 20.4 Å². The Hall–Kier alpha value is -1.67. The minimum atomic E-state index is -0.941. The molecule has 0 unspecified atom stereocenters. The molecule has 0 bridgehead atoms. The summed E-state index contributed by atoms with van der Waals surface area (Å²) in [4.78, 5) is 49.3. The van der Waals surface area contributed by atoms with E-state index in [0.717, 1.165) is 25.8 Å². The van der Waals surface area contributed by atoms with E-state index < -0.39 is 8.07 Å². The fourth-order valence-corrected chi connectivity index (χ4v) is 3.68. The molecular formula is C18H36N2O5Si. The summed E-state index contributed by atoms with van der Waals surface area (Å²) in [5, 5.41) is 3.32. The first kappa shape index (κ1) is 29.1. The first-order chi connectivity index (χ1) is 12.4. The summed E-state index contributed by atoms with van der Waals surface area (Å²) in [5.74, 6) is 0.0147. The highest BCUT2D eigenvalue weighted by molar-refractivity contribution is 6.76. The van der Waals surface area contributed by atoms with Gasteiger partial charge in [0, 0.05) is 34.0 Å². The van der Waals surface area contributed by atoms with E-state index in [4.69, 9.17) is 14.4 Å². The number of nitrogens with one attached hydrogen (secondary N) is 1. The van der Waals surface area contributed by atoms with Crippen LogP contribution in [0.5, 0.6) is 0 Å². The molecule has 1 aliphatic heterocycles. The smallest absolute Gasteiger partial charge is 0.230 e. The lowest BCUT2D eigenvalue weighted by atomic mass is 10.2. The number of amides is 2. The summed E-state index contributed by atoms with van der Waals surface area (Å²) in [7, 11) is -0.941. The van der Waals surface area contributed by atoms with Gasteiger partial charge in [-0.1, -0.05) is 32.1 Å². The summed E-state index contributed by atoms with van der Waals surface area (Å²) in [5.41, 5.74) is 0. The van der Waals surface area contributed by atoms with Crippen molar-refractivity contribution in [1.82, 2.24) is 10.2 Å². The van der Waals surface area contributed by atoms with Crippen molar-refractivity contribution in [3.05, 3.63) is 0 Å². The van der Waals surface area contributed by atoms with Crippen LogP contribution in [0.2, 0.25) is 25.7 Å². The molecule has 1 saturated heterocycles. The third-order valence-corrected chi connectivity index (χ3v) is 5.52. The molecule has 1 heterocycles. The van der Waals surface area contributed by atoms with Crippen LogP contribution < -0.4 is 5.32 Å². The molecule has 0 aliphatic carbocycles. The van der Waals surface area contributed by atoms with Crippen molar-refractivity contribution in [1.29, 1.82) is 0 Å². The van der Waals surface area contributed by atoms with Crippen LogP contribution in [0.1, 0.15) is 38.5 Å². The third-order valence-electron chi connectivity index (χ3n) is 3.67. The predicted octanol–water partition coefficient (Wildman–Crippen LogP) is 2.07. The second-order valence-electron chi connectivity index (χ2n) is 6.91. The van der Waals surface area contributed by atoms with Crippen LogP contribution >= 0.6 is 0 Å². The Labute approximate surface area is 158 Å². The number of carbonyl (C=O) groups is 5. The molecule has 1 rings (SSSR count). The number of hydrogen-bond acceptors (Lipinski definition) is 6. The minimum Gasteiger partial charge on any atom is -0.316 e. The molecule has 0 atom stereocenters. The number of likely N-dealkylation sites (tertiary alicyclic amines) is 1. The van der Waals surface area contributed by atoms with Gasteiger partial charge >= 0.3 is 0 Å². The Balaban J connectivity index is -0.000000795. The van der Waals surface area contributed by atoms with E-state index in [9.17, 15) is 9.59 Å².